The molecule has 0 amide bonds. The van der Waals surface area contributed by atoms with Crippen LogP contribution < -0.4 is 16.4 Å². The van der Waals surface area contributed by atoms with E-state index in [0.717, 1.165) is 43.1 Å². The van der Waals surface area contributed by atoms with Crippen LogP contribution in [-0.4, -0.2) is 65.1 Å². The molecule has 9 heteroatoms. The van der Waals surface area contributed by atoms with Gasteiger partial charge in [0, 0.05) is 43.5 Å². The number of nitrogens with one attached hydrogen (secondary N) is 3. The van der Waals surface area contributed by atoms with Crippen molar-refractivity contribution >= 4 is 29.0 Å². The quantitative estimate of drug-likeness (QED) is 0.230. The van der Waals surface area contributed by atoms with Gasteiger partial charge in [0.25, 0.3) is 0 Å². The lowest BCUT2D eigenvalue weighted by molar-refractivity contribution is 0.214. The van der Waals surface area contributed by atoms with Crippen LogP contribution >= 0.6 is 0 Å². The fraction of sp³-hybridized carbons (Fsp3) is 0.240. The van der Waals surface area contributed by atoms with Gasteiger partial charge in [-0.1, -0.05) is 42.9 Å². The van der Waals surface area contributed by atoms with E-state index >= 15 is 0 Å². The summed E-state index contributed by atoms with van der Waals surface area (Å²) in [7, 11) is 2.09. The molecule has 9 nitrogen and oxygen atoms in total. The number of nitrogens with two attached hydrogens (primary N) is 1. The first-order chi connectivity index (χ1) is 16.5. The topological polar surface area (TPSA) is 110 Å². The van der Waals surface area contributed by atoms with E-state index < -0.39 is 0 Å². The number of benzene rings is 1. The summed E-state index contributed by atoms with van der Waals surface area (Å²) in [5.74, 6) is 4.15. The third kappa shape index (κ3) is 7.12. The molecule has 0 atom stereocenters. The second-order valence-electron chi connectivity index (χ2n) is 7.69. The van der Waals surface area contributed by atoms with Crippen molar-refractivity contribution in [1.82, 2.24) is 20.0 Å². The molecule has 2 aromatic rings. The van der Waals surface area contributed by atoms with Crippen LogP contribution in [-0.2, 0) is 0 Å². The van der Waals surface area contributed by atoms with Crippen LogP contribution in [0.4, 0.5) is 11.5 Å². The van der Waals surface area contributed by atoms with Crippen LogP contribution in [0.2, 0.25) is 0 Å². The normalized spacial score (nSPS) is 15.9. The molecule has 1 aromatic carbocycles. The van der Waals surface area contributed by atoms with Crippen molar-refractivity contribution in [2.24, 2.45) is 15.7 Å². The molecule has 1 aliphatic heterocycles. The van der Waals surface area contributed by atoms with Crippen molar-refractivity contribution in [3.05, 3.63) is 72.7 Å². The minimum atomic E-state index is 0.317. The molecule has 5 N–H and O–H groups in total. The Bertz CT molecular complexity index is 1120. The molecule has 1 saturated heterocycles. The number of terminal acetylenes is 1. The van der Waals surface area contributed by atoms with E-state index in [1.165, 1.54) is 0 Å². The Labute approximate surface area is 200 Å². The van der Waals surface area contributed by atoms with E-state index in [4.69, 9.17) is 12.2 Å². The lowest BCUT2D eigenvalue weighted by Gasteiger charge is -2.33. The number of nitrogens with zero attached hydrogens (tertiary/aromatic N) is 5. The van der Waals surface area contributed by atoms with E-state index in [1.807, 2.05) is 60.4 Å². The summed E-state index contributed by atoms with van der Waals surface area (Å²) in [5.41, 5.74) is 8.76. The predicted molar refractivity (Wildman–Crippen MR) is 141 cm³/mol. The van der Waals surface area contributed by atoms with E-state index in [1.54, 1.807) is 6.08 Å². The van der Waals surface area contributed by atoms with Crippen molar-refractivity contribution in [1.29, 1.82) is 0 Å². The van der Waals surface area contributed by atoms with Crippen LogP contribution in [0, 0.1) is 12.3 Å². The summed E-state index contributed by atoms with van der Waals surface area (Å²) in [6, 6.07) is 11.5. The molecule has 1 fully saturated rings. The molecule has 0 unspecified atom stereocenters. The highest BCUT2D eigenvalue weighted by molar-refractivity contribution is 6.02. The van der Waals surface area contributed by atoms with Crippen molar-refractivity contribution in [3.63, 3.8) is 0 Å². The molecule has 0 aliphatic carbocycles. The second-order valence-corrected chi connectivity index (χ2v) is 7.69. The van der Waals surface area contributed by atoms with Crippen molar-refractivity contribution in [2.45, 2.75) is 6.92 Å². The van der Waals surface area contributed by atoms with Crippen LogP contribution in [0.5, 0.6) is 0 Å². The SMILES string of the molecule is C#C/C=C(\C=C/C)c1cc(NC(=C)N=C(N=C(N)N2CCN(C)CC2)Nc2ccccc2)n[nH]1. The molecule has 1 aliphatic rings. The number of allylic oxidation sites excluding steroid dienone is 4. The molecule has 0 spiro atoms. The number of aliphatic imine (C=N–C) groups is 2. The van der Waals surface area contributed by atoms with Crippen molar-refractivity contribution in [3.8, 4) is 12.3 Å². The minimum absolute atomic E-state index is 0.317. The van der Waals surface area contributed by atoms with Gasteiger partial charge in [-0.05, 0) is 32.2 Å². The number of anilines is 2. The first-order valence-corrected chi connectivity index (χ1v) is 11.0. The maximum absolute atomic E-state index is 6.31. The van der Waals surface area contributed by atoms with Gasteiger partial charge in [0.2, 0.25) is 5.96 Å². The monoisotopic (exact) mass is 457 g/mol. The Morgan fingerprint density at radius 2 is 1.94 bits per heavy atom. The van der Waals surface area contributed by atoms with Gasteiger partial charge in [-0.15, -0.1) is 6.42 Å². The first-order valence-electron chi connectivity index (χ1n) is 11.0. The molecule has 34 heavy (non-hydrogen) atoms. The first kappa shape index (κ1) is 24.4. The summed E-state index contributed by atoms with van der Waals surface area (Å²) in [6.45, 7) is 9.39. The molecular formula is C25H31N9. The van der Waals surface area contributed by atoms with E-state index in [-0.39, 0.29) is 0 Å². The number of rotatable bonds is 6. The Morgan fingerprint density at radius 1 is 1.21 bits per heavy atom. The summed E-state index contributed by atoms with van der Waals surface area (Å²) in [6.07, 6.45) is 10.9. The summed E-state index contributed by atoms with van der Waals surface area (Å²) >= 11 is 0. The fourth-order valence-corrected chi connectivity index (χ4v) is 3.27. The lowest BCUT2D eigenvalue weighted by Crippen LogP contribution is -2.50. The Balaban J connectivity index is 1.79. The van der Waals surface area contributed by atoms with Crippen LogP contribution in [0.25, 0.3) is 5.57 Å². The zero-order valence-electron chi connectivity index (χ0n) is 19.6. The average Bonchev–Trinajstić information content (AvgIpc) is 3.28. The minimum Gasteiger partial charge on any atom is -0.369 e. The summed E-state index contributed by atoms with van der Waals surface area (Å²) in [5, 5.41) is 13.5. The van der Waals surface area contributed by atoms with Crippen LogP contribution in [0.15, 0.2) is 77.0 Å². The van der Waals surface area contributed by atoms with E-state index in [2.05, 4.69) is 55.3 Å². The number of hydrogen-bond acceptors (Lipinski definition) is 4. The maximum Gasteiger partial charge on any atom is 0.232 e. The van der Waals surface area contributed by atoms with Gasteiger partial charge in [0.1, 0.15) is 5.82 Å². The number of H-pyrrole nitrogens is 1. The number of piperazine rings is 1. The molecule has 0 saturated carbocycles. The predicted octanol–water partition coefficient (Wildman–Crippen LogP) is 2.92. The number of guanidine groups is 2. The van der Waals surface area contributed by atoms with Gasteiger partial charge in [-0.3, -0.25) is 5.10 Å². The third-order valence-corrected chi connectivity index (χ3v) is 5.06. The maximum atomic E-state index is 6.31. The van der Waals surface area contributed by atoms with E-state index in [0.29, 0.717) is 23.6 Å². The summed E-state index contributed by atoms with van der Waals surface area (Å²) < 4.78 is 0. The molecule has 2 heterocycles. The van der Waals surface area contributed by atoms with Gasteiger partial charge in [0.05, 0.1) is 5.69 Å². The van der Waals surface area contributed by atoms with Crippen molar-refractivity contribution in [2.75, 3.05) is 43.9 Å². The van der Waals surface area contributed by atoms with Gasteiger partial charge in [-0.2, -0.15) is 15.1 Å². The zero-order chi connectivity index (χ0) is 24.3. The number of para-hydroxylation sites is 1. The highest BCUT2D eigenvalue weighted by atomic mass is 15.3. The van der Waals surface area contributed by atoms with Gasteiger partial charge < -0.3 is 26.2 Å². The summed E-state index contributed by atoms with van der Waals surface area (Å²) in [4.78, 5) is 13.4. The number of aromatic amines is 1. The number of hydrogen-bond donors (Lipinski definition) is 4. The molecular weight excluding hydrogens is 426 g/mol. The largest absolute Gasteiger partial charge is 0.369 e. The van der Waals surface area contributed by atoms with Crippen LogP contribution in [0.1, 0.15) is 12.6 Å². The molecule has 176 valence electrons. The van der Waals surface area contributed by atoms with Crippen LogP contribution in [0.3, 0.4) is 0 Å². The third-order valence-electron chi connectivity index (χ3n) is 5.06. The smallest absolute Gasteiger partial charge is 0.232 e. The van der Waals surface area contributed by atoms with Crippen molar-refractivity contribution < 1.29 is 0 Å². The Kier molecular flexibility index (Phi) is 8.66. The van der Waals surface area contributed by atoms with Gasteiger partial charge in [-0.25, -0.2) is 0 Å². The Morgan fingerprint density at radius 3 is 2.62 bits per heavy atom. The highest BCUT2D eigenvalue weighted by Crippen LogP contribution is 2.18. The molecule has 0 bridgehead atoms. The number of aromatic nitrogens is 2. The molecule has 3 rings (SSSR count). The highest BCUT2D eigenvalue weighted by Gasteiger charge is 2.16. The van der Waals surface area contributed by atoms with Gasteiger partial charge >= 0.3 is 0 Å². The average molecular weight is 458 g/mol. The lowest BCUT2D eigenvalue weighted by atomic mass is 10.1. The van der Waals surface area contributed by atoms with E-state index in [9.17, 15) is 0 Å². The Hall–Kier alpha value is -4.29. The standard InChI is InChI=1S/C25H31N9/c1-5-10-20(11-6-2)22-18-23(32-31-22)27-19(3)28-25(29-21-12-8-7-9-13-21)30-24(26)34-16-14-33(4)15-17-34/h1,6-13,18H,3,14-17H2,2,4H3,(H2,27,31,32)(H3,26,28,29,30)/b11-6-,20-10+. The molecule has 0 radical (unpaired) electrons. The van der Waals surface area contributed by atoms with Gasteiger partial charge in [0.15, 0.2) is 11.8 Å². The number of likely N-dealkylation sites (N-methyl/N-ethyl adjacent to an activating group) is 1. The fourth-order valence-electron chi connectivity index (χ4n) is 3.27. The zero-order valence-corrected chi connectivity index (χ0v) is 19.6. The second kappa shape index (κ2) is 12.1. The molecule has 1 aromatic heterocycles.